The minimum absolute atomic E-state index is 0.129. The van der Waals surface area contributed by atoms with Gasteiger partial charge in [0.2, 0.25) is 0 Å². The molecule has 1 fully saturated rings. The van der Waals surface area contributed by atoms with E-state index in [4.69, 9.17) is 4.74 Å². The number of methoxy groups -OCH3 is 1. The molecule has 2 aliphatic rings. The third-order valence-corrected chi connectivity index (χ3v) is 6.64. The number of ether oxygens (including phenoxy) is 1. The number of urea groups is 1. The highest BCUT2D eigenvalue weighted by Crippen LogP contribution is 2.43. The fourth-order valence-electron chi connectivity index (χ4n) is 5.17. The summed E-state index contributed by atoms with van der Waals surface area (Å²) >= 11 is 0. The Morgan fingerprint density at radius 3 is 2.28 bits per heavy atom. The van der Waals surface area contributed by atoms with Crippen LogP contribution in [0, 0.1) is 13.8 Å². The summed E-state index contributed by atoms with van der Waals surface area (Å²) in [7, 11) is 1.57. The van der Waals surface area contributed by atoms with Gasteiger partial charge in [-0.3, -0.25) is 14.9 Å². The van der Waals surface area contributed by atoms with Crippen molar-refractivity contribution in [1.82, 2.24) is 5.32 Å². The molecular formula is C29H33N3O4. The number of imide groups is 2. The molecule has 0 radical (unpaired) electrons. The van der Waals surface area contributed by atoms with Crippen molar-refractivity contribution in [2.45, 2.75) is 53.5 Å². The Labute approximate surface area is 212 Å². The van der Waals surface area contributed by atoms with Crippen LogP contribution in [-0.4, -0.2) is 37.0 Å². The Kier molecular flexibility index (Phi) is 6.52. The first kappa shape index (κ1) is 25.2. The van der Waals surface area contributed by atoms with Crippen molar-refractivity contribution in [3.63, 3.8) is 0 Å². The molecule has 1 saturated heterocycles. The van der Waals surface area contributed by atoms with E-state index in [-0.39, 0.29) is 11.1 Å². The van der Waals surface area contributed by atoms with Gasteiger partial charge >= 0.3 is 6.03 Å². The average Bonchev–Trinajstić information content (AvgIpc) is 2.78. The van der Waals surface area contributed by atoms with Crippen LogP contribution < -0.4 is 19.9 Å². The number of fused-ring (bicyclic) bond motifs is 1. The SMILES string of the molecule is CCCN1c2cc(OC)c(/C=C3/C(=O)NC(=O)N(c4cc(C)cc(C)c4)C3=O)cc2C(C)=CC1(C)C. The van der Waals surface area contributed by atoms with Crippen molar-refractivity contribution in [1.29, 1.82) is 0 Å². The van der Waals surface area contributed by atoms with Gasteiger partial charge in [0.1, 0.15) is 11.3 Å². The van der Waals surface area contributed by atoms with Crippen molar-refractivity contribution >= 4 is 40.9 Å². The maximum atomic E-state index is 13.5. The molecule has 0 aromatic heterocycles. The van der Waals surface area contributed by atoms with Crippen molar-refractivity contribution in [2.24, 2.45) is 0 Å². The maximum absolute atomic E-state index is 13.5. The first-order valence-electron chi connectivity index (χ1n) is 12.2. The number of rotatable bonds is 5. The molecule has 1 N–H and O–H groups in total. The smallest absolute Gasteiger partial charge is 0.335 e. The molecule has 36 heavy (non-hydrogen) atoms. The van der Waals surface area contributed by atoms with E-state index < -0.39 is 17.8 Å². The molecule has 0 saturated carbocycles. The zero-order chi connectivity index (χ0) is 26.4. The number of anilines is 2. The van der Waals surface area contributed by atoms with Gasteiger partial charge in [-0.25, -0.2) is 9.69 Å². The van der Waals surface area contributed by atoms with Crippen molar-refractivity contribution in [3.05, 3.63) is 64.2 Å². The molecule has 2 aliphatic heterocycles. The van der Waals surface area contributed by atoms with E-state index in [1.165, 1.54) is 6.08 Å². The van der Waals surface area contributed by atoms with Gasteiger partial charge in [-0.05, 0) is 82.0 Å². The van der Waals surface area contributed by atoms with Crippen LogP contribution in [0.4, 0.5) is 16.2 Å². The van der Waals surface area contributed by atoms with Crippen LogP contribution in [0.15, 0.2) is 42.0 Å². The lowest BCUT2D eigenvalue weighted by Gasteiger charge is -2.43. The Morgan fingerprint density at radius 1 is 1.00 bits per heavy atom. The van der Waals surface area contributed by atoms with E-state index in [0.29, 0.717) is 17.0 Å². The fourth-order valence-corrected chi connectivity index (χ4v) is 5.17. The van der Waals surface area contributed by atoms with E-state index in [0.717, 1.165) is 45.8 Å². The Morgan fingerprint density at radius 2 is 1.67 bits per heavy atom. The van der Waals surface area contributed by atoms with E-state index in [1.54, 1.807) is 19.2 Å². The van der Waals surface area contributed by atoms with Gasteiger partial charge in [0.15, 0.2) is 0 Å². The summed E-state index contributed by atoms with van der Waals surface area (Å²) in [4.78, 5) is 42.3. The molecule has 0 aliphatic carbocycles. The van der Waals surface area contributed by atoms with Crippen LogP contribution in [0.1, 0.15) is 56.4 Å². The second-order valence-corrected chi connectivity index (χ2v) is 10.0. The van der Waals surface area contributed by atoms with E-state index in [1.807, 2.05) is 32.0 Å². The molecule has 7 heteroatoms. The van der Waals surface area contributed by atoms with Crippen LogP contribution >= 0.6 is 0 Å². The van der Waals surface area contributed by atoms with Crippen LogP contribution in [-0.2, 0) is 9.59 Å². The molecule has 0 bridgehead atoms. The lowest BCUT2D eigenvalue weighted by atomic mass is 9.87. The van der Waals surface area contributed by atoms with Crippen molar-refractivity contribution in [3.8, 4) is 5.75 Å². The highest BCUT2D eigenvalue weighted by Gasteiger charge is 2.38. The van der Waals surface area contributed by atoms with Crippen LogP contribution in [0.5, 0.6) is 5.75 Å². The summed E-state index contributed by atoms with van der Waals surface area (Å²) in [5, 5.41) is 2.31. The summed E-state index contributed by atoms with van der Waals surface area (Å²) in [6.07, 6.45) is 4.73. The first-order chi connectivity index (χ1) is 17.0. The average molecular weight is 488 g/mol. The van der Waals surface area contributed by atoms with Gasteiger partial charge in [-0.15, -0.1) is 0 Å². The summed E-state index contributed by atoms with van der Waals surface area (Å²) < 4.78 is 5.70. The van der Waals surface area contributed by atoms with Crippen LogP contribution in [0.2, 0.25) is 0 Å². The Balaban J connectivity index is 1.83. The molecular weight excluding hydrogens is 454 g/mol. The lowest BCUT2D eigenvalue weighted by molar-refractivity contribution is -0.122. The number of barbiturate groups is 1. The quantitative estimate of drug-likeness (QED) is 0.452. The Bertz CT molecular complexity index is 1320. The lowest BCUT2D eigenvalue weighted by Crippen LogP contribution is -2.54. The van der Waals surface area contributed by atoms with Crippen molar-refractivity contribution in [2.75, 3.05) is 23.5 Å². The predicted molar refractivity (Wildman–Crippen MR) is 143 cm³/mol. The molecule has 2 aromatic carbocycles. The molecule has 2 aromatic rings. The van der Waals surface area contributed by atoms with Gasteiger partial charge < -0.3 is 9.64 Å². The Hall–Kier alpha value is -3.87. The maximum Gasteiger partial charge on any atom is 0.335 e. The number of aryl methyl sites for hydroxylation is 2. The van der Waals surface area contributed by atoms with E-state index in [2.05, 4.69) is 44.0 Å². The van der Waals surface area contributed by atoms with Crippen LogP contribution in [0.25, 0.3) is 11.6 Å². The topological polar surface area (TPSA) is 79.0 Å². The highest BCUT2D eigenvalue weighted by atomic mass is 16.5. The molecule has 0 unspecified atom stereocenters. The normalized spacial score (nSPS) is 18.2. The zero-order valence-electron chi connectivity index (χ0n) is 22.0. The van der Waals surface area contributed by atoms with Gasteiger partial charge in [0, 0.05) is 29.4 Å². The third-order valence-electron chi connectivity index (χ3n) is 6.64. The number of carbonyl (C=O) groups excluding carboxylic acids is 3. The summed E-state index contributed by atoms with van der Waals surface area (Å²) in [5.74, 6) is -0.857. The monoisotopic (exact) mass is 487 g/mol. The minimum Gasteiger partial charge on any atom is -0.496 e. The third kappa shape index (κ3) is 4.41. The van der Waals surface area contributed by atoms with Gasteiger partial charge in [-0.2, -0.15) is 0 Å². The number of nitrogens with one attached hydrogen (secondary N) is 1. The van der Waals surface area contributed by atoms with Gasteiger partial charge in [0.25, 0.3) is 11.8 Å². The molecule has 4 rings (SSSR count). The largest absolute Gasteiger partial charge is 0.496 e. The van der Waals surface area contributed by atoms with Crippen LogP contribution in [0.3, 0.4) is 0 Å². The molecule has 0 spiro atoms. The van der Waals surface area contributed by atoms with E-state index >= 15 is 0 Å². The second-order valence-electron chi connectivity index (χ2n) is 10.0. The number of nitrogens with zero attached hydrogens (tertiary/aromatic N) is 2. The highest BCUT2D eigenvalue weighted by molar-refractivity contribution is 6.39. The molecule has 0 atom stereocenters. The van der Waals surface area contributed by atoms with Gasteiger partial charge in [0.05, 0.1) is 18.3 Å². The second kappa shape index (κ2) is 9.30. The number of hydrogen-bond acceptors (Lipinski definition) is 5. The minimum atomic E-state index is -0.763. The number of benzene rings is 2. The summed E-state index contributed by atoms with van der Waals surface area (Å²) in [6, 6.07) is 8.59. The van der Waals surface area contributed by atoms with E-state index in [9.17, 15) is 14.4 Å². The molecule has 188 valence electrons. The molecule has 4 amide bonds. The number of allylic oxidation sites excluding steroid dienone is 1. The summed E-state index contributed by atoms with van der Waals surface area (Å²) in [6.45, 7) is 13.2. The number of amides is 4. The van der Waals surface area contributed by atoms with Crippen molar-refractivity contribution < 1.29 is 19.1 Å². The van der Waals surface area contributed by atoms with Gasteiger partial charge in [-0.1, -0.05) is 19.1 Å². The summed E-state index contributed by atoms with van der Waals surface area (Å²) in [5.41, 5.74) is 5.71. The standard InChI is InChI=1S/C29H33N3O4/c1-8-9-31-24-15-25(36-7)20(13-22(24)19(4)16-29(31,5)6)14-23-26(33)30-28(35)32(27(23)34)21-11-17(2)10-18(3)12-21/h10-16H,8-9H2,1-7H3,(H,30,33,35)/b23-14-. The molecule has 2 heterocycles. The molecule has 7 nitrogen and oxygen atoms in total. The fraction of sp³-hybridized carbons (Fsp3) is 0.345. The predicted octanol–water partition coefficient (Wildman–Crippen LogP) is 5.39. The number of carbonyl (C=O) groups is 3. The number of hydrogen-bond donors (Lipinski definition) is 1. The first-order valence-corrected chi connectivity index (χ1v) is 12.2. The zero-order valence-corrected chi connectivity index (χ0v) is 22.0.